The summed E-state index contributed by atoms with van der Waals surface area (Å²) in [5, 5.41) is 11.0. The molecule has 1 aliphatic rings. The largest absolute Gasteiger partial charge is 0.507 e. The molecule has 1 fully saturated rings. The number of likely N-dealkylation sites (tertiary alicyclic amines) is 1. The van der Waals surface area contributed by atoms with E-state index in [1.54, 1.807) is 48.8 Å². The van der Waals surface area contributed by atoms with Crippen LogP contribution in [0.3, 0.4) is 0 Å². The van der Waals surface area contributed by atoms with Crippen LogP contribution in [-0.4, -0.2) is 53.5 Å². The Morgan fingerprint density at radius 3 is 2.64 bits per heavy atom. The molecule has 0 aliphatic carbocycles. The molecule has 1 saturated heterocycles. The van der Waals surface area contributed by atoms with E-state index >= 15 is 0 Å². The highest BCUT2D eigenvalue weighted by Crippen LogP contribution is 2.39. The smallest absolute Gasteiger partial charge is 0.295 e. The lowest BCUT2D eigenvalue weighted by Gasteiger charge is -2.24. The Kier molecular flexibility index (Phi) is 6.06. The van der Waals surface area contributed by atoms with Gasteiger partial charge in [0.05, 0.1) is 24.8 Å². The molecule has 1 aliphatic heterocycles. The summed E-state index contributed by atoms with van der Waals surface area (Å²) < 4.78 is 10.6. The van der Waals surface area contributed by atoms with Gasteiger partial charge in [-0.3, -0.25) is 14.6 Å². The fourth-order valence-electron chi connectivity index (χ4n) is 3.25. The zero-order valence-electron chi connectivity index (χ0n) is 15.8. The van der Waals surface area contributed by atoms with Crippen LogP contribution in [-0.2, 0) is 14.3 Å². The monoisotopic (exact) mass is 382 g/mol. The van der Waals surface area contributed by atoms with Gasteiger partial charge in [0.25, 0.3) is 11.7 Å². The minimum atomic E-state index is -0.725. The zero-order valence-corrected chi connectivity index (χ0v) is 15.8. The first-order valence-corrected chi connectivity index (χ1v) is 8.99. The van der Waals surface area contributed by atoms with E-state index in [1.165, 1.54) is 12.0 Å². The maximum Gasteiger partial charge on any atom is 0.295 e. The highest BCUT2D eigenvalue weighted by atomic mass is 16.5. The molecule has 146 valence electrons. The molecule has 3 rings (SSSR count). The number of ketones is 1. The summed E-state index contributed by atoms with van der Waals surface area (Å²) in [6, 6.07) is 9.53. The number of nitrogens with zero attached hydrogens (tertiary/aromatic N) is 2. The van der Waals surface area contributed by atoms with Crippen LogP contribution in [0.1, 0.15) is 24.1 Å². The first kappa shape index (κ1) is 19.6. The summed E-state index contributed by atoms with van der Waals surface area (Å²) in [5.41, 5.74) is 1.14. The summed E-state index contributed by atoms with van der Waals surface area (Å²) in [6.07, 6.45) is 3.17. The normalized spacial score (nSPS) is 18.5. The number of methoxy groups -OCH3 is 1. The van der Waals surface area contributed by atoms with Crippen molar-refractivity contribution < 1.29 is 24.2 Å². The van der Waals surface area contributed by atoms with Crippen molar-refractivity contribution in [3.8, 4) is 5.75 Å². The molecule has 1 aromatic heterocycles. The molecule has 7 nitrogen and oxygen atoms in total. The summed E-state index contributed by atoms with van der Waals surface area (Å²) in [6.45, 7) is 2.83. The quantitative estimate of drug-likeness (QED) is 0.450. The number of hydrogen-bond donors (Lipinski definition) is 1. The Balaban J connectivity index is 2.12. The molecular formula is C21H22N2O5. The maximum atomic E-state index is 12.8. The summed E-state index contributed by atoms with van der Waals surface area (Å²) in [7, 11) is 1.53. The summed E-state index contributed by atoms with van der Waals surface area (Å²) >= 11 is 0. The van der Waals surface area contributed by atoms with E-state index in [-0.39, 0.29) is 24.5 Å². The number of pyridine rings is 1. The third-order valence-electron chi connectivity index (χ3n) is 4.52. The minimum absolute atomic E-state index is 0.0425. The van der Waals surface area contributed by atoms with Crippen LogP contribution >= 0.6 is 0 Å². The van der Waals surface area contributed by atoms with Crippen molar-refractivity contribution in [3.05, 3.63) is 65.5 Å². The Bertz CT molecular complexity index is 895. The molecule has 7 heteroatoms. The van der Waals surface area contributed by atoms with Crippen LogP contribution < -0.4 is 4.74 Å². The van der Waals surface area contributed by atoms with E-state index in [0.29, 0.717) is 23.5 Å². The number of amides is 1. The Labute approximate surface area is 163 Å². The number of carbonyl (C=O) groups is 2. The highest BCUT2D eigenvalue weighted by molar-refractivity contribution is 6.46. The highest BCUT2D eigenvalue weighted by Gasteiger charge is 2.45. The molecule has 1 aromatic carbocycles. The van der Waals surface area contributed by atoms with Crippen molar-refractivity contribution in [3.63, 3.8) is 0 Å². The Morgan fingerprint density at radius 2 is 1.96 bits per heavy atom. The van der Waals surface area contributed by atoms with Gasteiger partial charge in [-0.25, -0.2) is 0 Å². The zero-order chi connectivity index (χ0) is 20.1. The first-order valence-electron chi connectivity index (χ1n) is 8.99. The third kappa shape index (κ3) is 3.75. The SMILES string of the molecule is CCOc1cccc(/C(O)=C2\C(=O)C(=O)N(CCOC)C2c2ccncc2)c1. The fraction of sp³-hybridized carbons (Fsp3) is 0.286. The average Bonchev–Trinajstić information content (AvgIpc) is 2.97. The van der Waals surface area contributed by atoms with Gasteiger partial charge in [0, 0.05) is 31.6 Å². The number of ether oxygens (including phenoxy) is 2. The van der Waals surface area contributed by atoms with Crippen molar-refractivity contribution in [2.75, 3.05) is 26.9 Å². The molecule has 2 heterocycles. The van der Waals surface area contributed by atoms with Gasteiger partial charge >= 0.3 is 0 Å². The van der Waals surface area contributed by atoms with Gasteiger partial charge in [-0.1, -0.05) is 12.1 Å². The molecule has 0 bridgehead atoms. The van der Waals surface area contributed by atoms with Crippen LogP contribution in [0.15, 0.2) is 54.4 Å². The number of aliphatic hydroxyl groups excluding tert-OH is 1. The number of rotatable bonds is 7. The number of carbonyl (C=O) groups excluding carboxylic acids is 2. The van der Waals surface area contributed by atoms with Crippen LogP contribution in [0.4, 0.5) is 0 Å². The molecule has 1 amide bonds. The predicted octanol–water partition coefficient (Wildman–Crippen LogP) is 2.55. The minimum Gasteiger partial charge on any atom is -0.507 e. The molecule has 1 unspecified atom stereocenters. The lowest BCUT2D eigenvalue weighted by Crippen LogP contribution is -2.32. The second-order valence-electron chi connectivity index (χ2n) is 6.23. The van der Waals surface area contributed by atoms with Gasteiger partial charge in [-0.05, 0) is 36.8 Å². The van der Waals surface area contributed by atoms with Gasteiger partial charge < -0.3 is 19.5 Å². The van der Waals surface area contributed by atoms with Gasteiger partial charge in [0.2, 0.25) is 0 Å². The second-order valence-corrected chi connectivity index (χ2v) is 6.23. The average molecular weight is 382 g/mol. The number of aliphatic hydroxyl groups is 1. The molecule has 0 spiro atoms. The van der Waals surface area contributed by atoms with Gasteiger partial charge in [0.15, 0.2) is 0 Å². The van der Waals surface area contributed by atoms with Crippen molar-refractivity contribution in [1.29, 1.82) is 0 Å². The molecule has 1 atom stereocenters. The number of aromatic nitrogens is 1. The maximum absolute atomic E-state index is 12.8. The molecular weight excluding hydrogens is 360 g/mol. The van der Waals surface area contributed by atoms with E-state index in [0.717, 1.165) is 0 Å². The van der Waals surface area contributed by atoms with Crippen molar-refractivity contribution in [2.24, 2.45) is 0 Å². The van der Waals surface area contributed by atoms with Crippen LogP contribution in [0, 0.1) is 0 Å². The van der Waals surface area contributed by atoms with E-state index in [4.69, 9.17) is 9.47 Å². The van der Waals surface area contributed by atoms with Gasteiger partial charge in [0.1, 0.15) is 11.5 Å². The third-order valence-corrected chi connectivity index (χ3v) is 4.52. The molecule has 2 aromatic rings. The molecule has 1 N–H and O–H groups in total. The lowest BCUT2D eigenvalue weighted by atomic mass is 9.96. The van der Waals surface area contributed by atoms with E-state index in [1.807, 2.05) is 6.92 Å². The molecule has 0 radical (unpaired) electrons. The van der Waals surface area contributed by atoms with Crippen LogP contribution in [0.2, 0.25) is 0 Å². The standard InChI is InChI=1S/C21H22N2O5/c1-3-28-16-6-4-5-15(13-16)19(24)17-18(14-7-9-22-10-8-14)23(11-12-27-2)21(26)20(17)25/h4-10,13,18,24H,3,11-12H2,1-2H3/b19-17+. The topological polar surface area (TPSA) is 89.0 Å². The Morgan fingerprint density at radius 1 is 1.21 bits per heavy atom. The first-order chi connectivity index (χ1) is 13.6. The fourth-order valence-corrected chi connectivity index (χ4v) is 3.25. The number of benzene rings is 1. The van der Waals surface area contributed by atoms with Crippen LogP contribution in [0.25, 0.3) is 5.76 Å². The lowest BCUT2D eigenvalue weighted by molar-refractivity contribution is -0.140. The van der Waals surface area contributed by atoms with Gasteiger partial charge in [-0.15, -0.1) is 0 Å². The summed E-state index contributed by atoms with van der Waals surface area (Å²) in [4.78, 5) is 30.8. The Hall–Kier alpha value is -3.19. The van der Waals surface area contributed by atoms with E-state index in [2.05, 4.69) is 4.98 Å². The number of Topliss-reactive ketones (excluding diaryl/α,β-unsaturated/α-hetero) is 1. The van der Waals surface area contributed by atoms with Crippen LogP contribution in [0.5, 0.6) is 5.75 Å². The molecule has 28 heavy (non-hydrogen) atoms. The number of hydrogen-bond acceptors (Lipinski definition) is 6. The van der Waals surface area contributed by atoms with Crippen molar-refractivity contribution in [1.82, 2.24) is 9.88 Å². The van der Waals surface area contributed by atoms with Crippen molar-refractivity contribution >= 4 is 17.4 Å². The molecule has 0 saturated carbocycles. The second kappa shape index (κ2) is 8.67. The summed E-state index contributed by atoms with van der Waals surface area (Å²) in [5.74, 6) is -1.05. The van der Waals surface area contributed by atoms with E-state index in [9.17, 15) is 14.7 Å². The predicted molar refractivity (Wildman–Crippen MR) is 103 cm³/mol. The van der Waals surface area contributed by atoms with Crippen molar-refractivity contribution in [2.45, 2.75) is 13.0 Å². The van der Waals surface area contributed by atoms with Gasteiger partial charge in [-0.2, -0.15) is 0 Å². The van der Waals surface area contributed by atoms with E-state index < -0.39 is 17.7 Å².